The van der Waals surface area contributed by atoms with Crippen LogP contribution in [0.15, 0.2) is 30.3 Å². The van der Waals surface area contributed by atoms with Gasteiger partial charge in [0.25, 0.3) is 5.91 Å². The van der Waals surface area contributed by atoms with Crippen molar-refractivity contribution in [1.82, 2.24) is 10.2 Å². The predicted molar refractivity (Wildman–Crippen MR) is 101 cm³/mol. The van der Waals surface area contributed by atoms with Crippen LogP contribution in [0.4, 0.5) is 17.6 Å². The molecule has 0 aromatic heterocycles. The van der Waals surface area contributed by atoms with Gasteiger partial charge in [0.05, 0.1) is 15.2 Å². The van der Waals surface area contributed by atoms with Gasteiger partial charge in [-0.2, -0.15) is 0 Å². The maximum Gasteiger partial charge on any atom is 0.256 e. The molecule has 2 aromatic carbocycles. The van der Waals surface area contributed by atoms with Crippen molar-refractivity contribution in [2.75, 3.05) is 19.6 Å². The van der Waals surface area contributed by atoms with Crippen LogP contribution in [0.2, 0.25) is 0 Å². The zero-order chi connectivity index (χ0) is 19.6. The van der Waals surface area contributed by atoms with E-state index >= 15 is 0 Å². The molecule has 1 aliphatic rings. The van der Waals surface area contributed by atoms with E-state index in [1.165, 1.54) is 22.6 Å². The number of likely N-dealkylation sites (tertiary alicyclic amines) is 1. The molecular weight excluding hydrogens is 475 g/mol. The molecule has 1 aliphatic heterocycles. The zero-order valence-electron chi connectivity index (χ0n) is 14.2. The molecule has 0 radical (unpaired) electrons. The van der Waals surface area contributed by atoms with Crippen molar-refractivity contribution in [2.24, 2.45) is 0 Å². The fourth-order valence-corrected chi connectivity index (χ4v) is 3.90. The van der Waals surface area contributed by atoms with Crippen LogP contribution in [-0.4, -0.2) is 30.4 Å². The SMILES string of the molecule is O=C(N[C@H](CN1CCCC1)c1ccccc1)c1c(F)c(F)c(F)c(F)c1I. The van der Waals surface area contributed by atoms with Crippen LogP contribution < -0.4 is 5.32 Å². The lowest BCUT2D eigenvalue weighted by atomic mass is 10.1. The lowest BCUT2D eigenvalue weighted by Gasteiger charge is -2.25. The van der Waals surface area contributed by atoms with Crippen LogP contribution in [-0.2, 0) is 0 Å². The molecule has 1 atom stereocenters. The Morgan fingerprint density at radius 1 is 1.00 bits per heavy atom. The average Bonchev–Trinajstić information content (AvgIpc) is 3.18. The smallest absolute Gasteiger partial charge is 0.256 e. The van der Waals surface area contributed by atoms with Crippen molar-refractivity contribution in [3.8, 4) is 0 Å². The highest BCUT2D eigenvalue weighted by Crippen LogP contribution is 2.27. The van der Waals surface area contributed by atoms with E-state index in [0.29, 0.717) is 6.54 Å². The third-order valence-corrected chi connectivity index (χ3v) is 5.60. The van der Waals surface area contributed by atoms with E-state index in [1.807, 2.05) is 18.2 Å². The Hall–Kier alpha value is -1.68. The fraction of sp³-hybridized carbons (Fsp3) is 0.316. The van der Waals surface area contributed by atoms with Crippen molar-refractivity contribution in [3.63, 3.8) is 0 Å². The molecule has 0 spiro atoms. The second-order valence-electron chi connectivity index (χ2n) is 6.39. The Balaban J connectivity index is 1.91. The summed E-state index contributed by atoms with van der Waals surface area (Å²) in [6, 6.07) is 8.57. The molecule has 0 saturated carbocycles. The molecular formula is C19H17F4IN2O. The Bertz CT molecular complexity index is 812. The minimum Gasteiger partial charge on any atom is -0.344 e. The van der Waals surface area contributed by atoms with Crippen molar-refractivity contribution in [1.29, 1.82) is 0 Å². The predicted octanol–water partition coefficient (Wildman–Crippen LogP) is 4.41. The summed E-state index contributed by atoms with van der Waals surface area (Å²) in [6.07, 6.45) is 2.10. The van der Waals surface area contributed by atoms with Crippen molar-refractivity contribution in [3.05, 3.63) is 68.3 Å². The van der Waals surface area contributed by atoms with Gasteiger partial charge < -0.3 is 10.2 Å². The molecule has 3 rings (SSSR count). The van der Waals surface area contributed by atoms with Gasteiger partial charge >= 0.3 is 0 Å². The number of nitrogens with zero attached hydrogens (tertiary/aromatic N) is 1. The normalized spacial score (nSPS) is 15.7. The number of benzene rings is 2. The van der Waals surface area contributed by atoms with Crippen LogP contribution in [0.1, 0.15) is 34.8 Å². The van der Waals surface area contributed by atoms with E-state index in [9.17, 15) is 22.4 Å². The summed E-state index contributed by atoms with van der Waals surface area (Å²) in [5.41, 5.74) is -0.0365. The highest BCUT2D eigenvalue weighted by molar-refractivity contribution is 14.1. The van der Waals surface area contributed by atoms with Crippen molar-refractivity contribution in [2.45, 2.75) is 18.9 Å². The van der Waals surface area contributed by atoms with Gasteiger partial charge in [0.15, 0.2) is 23.3 Å². The molecule has 2 aromatic rings. The molecule has 144 valence electrons. The molecule has 1 saturated heterocycles. The lowest BCUT2D eigenvalue weighted by molar-refractivity contribution is 0.0919. The quantitative estimate of drug-likeness (QED) is 0.290. The standard InChI is InChI=1S/C19H17F4IN2O/c20-14-13(18(24)17(23)16(22)15(14)21)19(27)25-12(10-26-8-4-5-9-26)11-6-2-1-3-7-11/h1-3,6-7,12H,4-5,8-10H2,(H,25,27)/t12-/m1/s1. The summed E-state index contributed by atoms with van der Waals surface area (Å²) in [5, 5.41) is 2.65. The molecule has 27 heavy (non-hydrogen) atoms. The second-order valence-corrected chi connectivity index (χ2v) is 7.47. The Kier molecular flexibility index (Phi) is 6.36. The molecule has 1 amide bonds. The second kappa shape index (κ2) is 8.55. The fourth-order valence-electron chi connectivity index (χ4n) is 3.18. The molecule has 3 nitrogen and oxygen atoms in total. The Morgan fingerprint density at radius 2 is 1.59 bits per heavy atom. The summed E-state index contributed by atoms with van der Waals surface area (Å²) in [5.74, 6) is -8.17. The summed E-state index contributed by atoms with van der Waals surface area (Å²) in [4.78, 5) is 14.8. The van der Waals surface area contributed by atoms with Gasteiger partial charge in [0.1, 0.15) is 0 Å². The zero-order valence-corrected chi connectivity index (χ0v) is 16.4. The van der Waals surface area contributed by atoms with E-state index < -0.39 is 44.4 Å². The van der Waals surface area contributed by atoms with Gasteiger partial charge in [-0.15, -0.1) is 0 Å². The number of halogens is 5. The van der Waals surface area contributed by atoms with Gasteiger partial charge in [0, 0.05) is 6.54 Å². The van der Waals surface area contributed by atoms with Crippen molar-refractivity contribution < 1.29 is 22.4 Å². The van der Waals surface area contributed by atoms with Crippen LogP contribution in [0.3, 0.4) is 0 Å². The number of hydrogen-bond acceptors (Lipinski definition) is 2. The molecule has 0 unspecified atom stereocenters. The van der Waals surface area contributed by atoms with Crippen LogP contribution in [0.5, 0.6) is 0 Å². The van der Waals surface area contributed by atoms with Gasteiger partial charge in [-0.3, -0.25) is 4.79 Å². The van der Waals surface area contributed by atoms with E-state index in [4.69, 9.17) is 0 Å². The monoisotopic (exact) mass is 492 g/mol. The third-order valence-electron chi connectivity index (χ3n) is 4.58. The van der Waals surface area contributed by atoms with Crippen LogP contribution in [0.25, 0.3) is 0 Å². The first-order chi connectivity index (χ1) is 12.9. The molecule has 1 N–H and O–H groups in total. The number of hydrogen-bond donors (Lipinski definition) is 1. The van der Waals surface area contributed by atoms with Crippen LogP contribution >= 0.6 is 22.6 Å². The topological polar surface area (TPSA) is 32.3 Å². The molecule has 1 heterocycles. The minimum absolute atomic E-state index is 0.486. The van der Waals surface area contributed by atoms with Gasteiger partial charge in [0.2, 0.25) is 0 Å². The highest BCUT2D eigenvalue weighted by Gasteiger charge is 2.30. The number of carbonyl (C=O) groups is 1. The van der Waals surface area contributed by atoms with E-state index in [0.717, 1.165) is 31.5 Å². The number of nitrogens with one attached hydrogen (secondary N) is 1. The molecule has 1 fully saturated rings. The molecule has 8 heteroatoms. The van der Waals surface area contributed by atoms with E-state index in [-0.39, 0.29) is 0 Å². The lowest BCUT2D eigenvalue weighted by Crippen LogP contribution is -2.38. The first-order valence-corrected chi connectivity index (χ1v) is 9.57. The third kappa shape index (κ3) is 4.26. The van der Waals surface area contributed by atoms with Gasteiger partial charge in [-0.25, -0.2) is 17.6 Å². The Morgan fingerprint density at radius 3 is 2.22 bits per heavy atom. The maximum atomic E-state index is 14.2. The molecule has 0 aliphatic carbocycles. The van der Waals surface area contributed by atoms with E-state index in [2.05, 4.69) is 10.2 Å². The largest absolute Gasteiger partial charge is 0.344 e. The first-order valence-electron chi connectivity index (χ1n) is 8.49. The maximum absolute atomic E-state index is 14.2. The summed E-state index contributed by atoms with van der Waals surface area (Å²) in [7, 11) is 0. The summed E-state index contributed by atoms with van der Waals surface area (Å²) in [6.45, 7) is 2.25. The highest BCUT2D eigenvalue weighted by atomic mass is 127. The number of rotatable bonds is 5. The number of carbonyl (C=O) groups excluding carboxylic acids is 1. The van der Waals surface area contributed by atoms with Crippen molar-refractivity contribution >= 4 is 28.5 Å². The Labute approximate surface area is 167 Å². The minimum atomic E-state index is -1.99. The molecule has 0 bridgehead atoms. The number of amides is 1. The van der Waals surface area contributed by atoms with E-state index in [1.54, 1.807) is 12.1 Å². The average molecular weight is 492 g/mol. The summed E-state index contributed by atoms with van der Waals surface area (Å²) < 4.78 is 54.3. The van der Waals surface area contributed by atoms with Crippen LogP contribution in [0, 0.1) is 26.8 Å². The van der Waals surface area contributed by atoms with Gasteiger partial charge in [-0.05, 0) is 54.1 Å². The first kappa shape index (κ1) is 20.1. The van der Waals surface area contributed by atoms with Gasteiger partial charge in [-0.1, -0.05) is 30.3 Å². The summed E-state index contributed by atoms with van der Waals surface area (Å²) >= 11 is 1.31.